The first kappa shape index (κ1) is 28.2. The van der Waals surface area contributed by atoms with Crippen molar-refractivity contribution in [2.24, 2.45) is 11.8 Å². The van der Waals surface area contributed by atoms with E-state index in [4.69, 9.17) is 27.8 Å². The molecule has 0 aromatic heterocycles. The Kier molecular flexibility index (Phi) is 10.6. The largest absolute Gasteiger partial charge is 0.378 e. The molecule has 8 nitrogen and oxygen atoms in total. The summed E-state index contributed by atoms with van der Waals surface area (Å²) in [4.78, 5) is 14.1. The van der Waals surface area contributed by atoms with Gasteiger partial charge in [-0.15, -0.1) is 0 Å². The maximum Gasteiger partial charge on any atom is 0.333 e. The van der Waals surface area contributed by atoms with E-state index in [2.05, 4.69) is 41.5 Å². The molecule has 0 bridgehead atoms. The molecule has 11 atom stereocenters. The minimum atomic E-state index is -1.67. The number of rotatable bonds is 11. The molecule has 3 saturated heterocycles. The van der Waals surface area contributed by atoms with Gasteiger partial charge < -0.3 is 32.7 Å². The number of hydrogen-bond acceptors (Lipinski definition) is 7. The second-order valence-electron chi connectivity index (χ2n) is 10.1. The fourth-order valence-electron chi connectivity index (χ4n) is 5.58. The first-order valence-electron chi connectivity index (χ1n) is 13.1. The van der Waals surface area contributed by atoms with Crippen LogP contribution in [0.5, 0.6) is 0 Å². The van der Waals surface area contributed by atoms with Gasteiger partial charge in [0.25, 0.3) is 0 Å². The monoisotopic (exact) mass is 503 g/mol. The highest BCUT2D eigenvalue weighted by molar-refractivity contribution is 7.41. The Morgan fingerprint density at radius 2 is 1.71 bits per heavy atom. The molecule has 3 rings (SSSR count). The van der Waals surface area contributed by atoms with Crippen molar-refractivity contribution in [3.05, 3.63) is 0 Å². The molecule has 34 heavy (non-hydrogen) atoms. The lowest BCUT2D eigenvalue weighted by atomic mass is 9.98. The summed E-state index contributed by atoms with van der Waals surface area (Å²) in [5.41, 5.74) is 0. The Hall–Kier alpha value is -0.340. The van der Waals surface area contributed by atoms with Gasteiger partial charge in [0, 0.05) is 32.4 Å². The van der Waals surface area contributed by atoms with E-state index in [0.29, 0.717) is 6.61 Å². The third kappa shape index (κ3) is 6.31. The molecule has 0 N–H and O–H groups in total. The normalized spacial score (nSPS) is 40.1. The summed E-state index contributed by atoms with van der Waals surface area (Å²) in [6.07, 6.45) is 3.35. The average molecular weight is 504 g/mol. The van der Waals surface area contributed by atoms with Gasteiger partial charge in [-0.1, -0.05) is 27.7 Å². The first-order chi connectivity index (χ1) is 16.2. The number of likely N-dealkylation sites (tertiary alicyclic amines) is 1. The number of carbonyl (C=O) groups excluding carboxylic acids is 1. The molecule has 0 spiro atoms. The third-order valence-electron chi connectivity index (χ3n) is 8.01. The van der Waals surface area contributed by atoms with E-state index in [9.17, 15) is 4.79 Å². The molecule has 3 aliphatic heterocycles. The van der Waals surface area contributed by atoms with E-state index in [1.807, 2.05) is 4.90 Å². The van der Waals surface area contributed by atoms with Gasteiger partial charge in [-0.3, -0.25) is 4.79 Å². The van der Waals surface area contributed by atoms with Crippen LogP contribution in [0.15, 0.2) is 0 Å². The van der Waals surface area contributed by atoms with Crippen LogP contribution >= 0.6 is 8.60 Å². The van der Waals surface area contributed by atoms with Crippen molar-refractivity contribution in [3.8, 4) is 0 Å². The van der Waals surface area contributed by atoms with Crippen LogP contribution in [0.2, 0.25) is 0 Å². The van der Waals surface area contributed by atoms with Crippen LogP contribution in [-0.2, 0) is 32.6 Å². The van der Waals surface area contributed by atoms with Crippen molar-refractivity contribution in [2.75, 3.05) is 20.3 Å². The molecule has 0 aromatic carbocycles. The number of carbonyl (C=O) groups is 1. The fraction of sp³-hybridized carbons (Fsp3) is 0.960. The van der Waals surface area contributed by atoms with E-state index in [1.54, 1.807) is 14.0 Å². The summed E-state index contributed by atoms with van der Waals surface area (Å²) in [6, 6.07) is 0.0485. The number of hydrogen-bond donors (Lipinski definition) is 0. The quantitative estimate of drug-likeness (QED) is 0.379. The molecule has 0 aliphatic carbocycles. The molecule has 0 radical (unpaired) electrons. The molecule has 3 aliphatic rings. The van der Waals surface area contributed by atoms with Gasteiger partial charge >= 0.3 is 8.60 Å². The van der Waals surface area contributed by atoms with Crippen molar-refractivity contribution in [1.29, 1.82) is 0 Å². The molecule has 0 aromatic rings. The van der Waals surface area contributed by atoms with Crippen LogP contribution in [0.3, 0.4) is 0 Å². The Bertz CT molecular complexity index is 655. The predicted octanol–water partition coefficient (Wildman–Crippen LogP) is 4.69. The second-order valence-corrected chi connectivity index (χ2v) is 11.3. The zero-order valence-electron chi connectivity index (χ0n) is 22.3. The number of ether oxygens (including phenoxy) is 3. The minimum Gasteiger partial charge on any atom is -0.378 e. The molecule has 198 valence electrons. The average Bonchev–Trinajstić information content (AvgIpc) is 3.48. The smallest absolute Gasteiger partial charge is 0.333 e. The van der Waals surface area contributed by atoms with Crippen LogP contribution in [0.1, 0.15) is 74.1 Å². The van der Waals surface area contributed by atoms with Crippen molar-refractivity contribution < 1.29 is 32.6 Å². The van der Waals surface area contributed by atoms with Gasteiger partial charge in [-0.2, -0.15) is 0 Å². The maximum absolute atomic E-state index is 12.2. The highest BCUT2D eigenvalue weighted by Gasteiger charge is 2.45. The lowest BCUT2D eigenvalue weighted by Crippen LogP contribution is -2.42. The Morgan fingerprint density at radius 3 is 2.29 bits per heavy atom. The molecule has 4 unspecified atom stereocenters. The third-order valence-corrected chi connectivity index (χ3v) is 9.23. The van der Waals surface area contributed by atoms with E-state index < -0.39 is 8.60 Å². The predicted molar refractivity (Wildman–Crippen MR) is 131 cm³/mol. The van der Waals surface area contributed by atoms with Crippen molar-refractivity contribution in [3.63, 3.8) is 0 Å². The fourth-order valence-corrected chi connectivity index (χ4v) is 7.05. The molecule has 3 fully saturated rings. The molecular weight excluding hydrogens is 457 g/mol. The summed E-state index contributed by atoms with van der Waals surface area (Å²) >= 11 is 0. The Morgan fingerprint density at radius 1 is 1.06 bits per heavy atom. The lowest BCUT2D eigenvalue weighted by Gasteiger charge is -2.34. The van der Waals surface area contributed by atoms with E-state index in [1.165, 1.54) is 0 Å². The van der Waals surface area contributed by atoms with Crippen LogP contribution in [0.25, 0.3) is 0 Å². The second kappa shape index (κ2) is 12.8. The number of nitrogens with zero attached hydrogens (tertiary/aromatic N) is 1. The zero-order chi connectivity index (χ0) is 25.0. The standard InChI is InChI=1S/C25H46NO7P/c1-9-21(20-12-11-13-26(20)19(7)27)32-34(33-25-16(4)18(6)30-22(25)10-2)29-14-23-24(28-8)15(3)17(5)31-23/h15-18,20-25H,9-14H2,1-8H3/t15-,16-,17+,18+,20?,21-,22-,23-,24?,25?,34?/m1/s1. The summed E-state index contributed by atoms with van der Waals surface area (Å²) in [7, 11) is 0.0503. The van der Waals surface area contributed by atoms with Gasteiger partial charge in [0.15, 0.2) is 0 Å². The molecule has 0 saturated carbocycles. The van der Waals surface area contributed by atoms with Crippen LogP contribution < -0.4 is 0 Å². The first-order valence-corrected chi connectivity index (χ1v) is 14.2. The SMILES string of the molecule is CC[C@H]1O[C@@H](C)[C@@H](C)C1OP(OC[C@H]1O[C@@H](C)[C@@H](C)C1OC)O[C@H](CC)C1CCCN1C(C)=O. The van der Waals surface area contributed by atoms with Gasteiger partial charge in [0.2, 0.25) is 5.91 Å². The molecule has 9 heteroatoms. The molecular formula is C25H46NO7P. The number of methoxy groups -OCH3 is 1. The zero-order valence-corrected chi connectivity index (χ0v) is 23.2. The van der Waals surface area contributed by atoms with Crippen molar-refractivity contribution in [2.45, 2.75) is 123 Å². The summed E-state index contributed by atoms with van der Waals surface area (Å²) in [6.45, 7) is 15.4. The summed E-state index contributed by atoms with van der Waals surface area (Å²) < 4.78 is 37.4. The van der Waals surface area contributed by atoms with Gasteiger partial charge in [-0.25, -0.2) is 0 Å². The van der Waals surface area contributed by atoms with Crippen LogP contribution in [0.4, 0.5) is 0 Å². The highest BCUT2D eigenvalue weighted by Crippen LogP contribution is 2.49. The lowest BCUT2D eigenvalue weighted by molar-refractivity contribution is -0.131. The topological polar surface area (TPSA) is 75.7 Å². The molecule has 3 heterocycles. The van der Waals surface area contributed by atoms with E-state index in [-0.39, 0.29) is 66.5 Å². The van der Waals surface area contributed by atoms with Crippen molar-refractivity contribution >= 4 is 14.5 Å². The van der Waals surface area contributed by atoms with E-state index in [0.717, 1.165) is 32.2 Å². The van der Waals surface area contributed by atoms with Gasteiger partial charge in [-0.05, 0) is 39.5 Å². The van der Waals surface area contributed by atoms with Gasteiger partial charge in [0.05, 0.1) is 49.3 Å². The number of amides is 1. The van der Waals surface area contributed by atoms with Gasteiger partial charge in [0.1, 0.15) is 6.10 Å². The van der Waals surface area contributed by atoms with Crippen molar-refractivity contribution in [1.82, 2.24) is 4.90 Å². The maximum atomic E-state index is 12.2. The van der Waals surface area contributed by atoms with Crippen LogP contribution in [0, 0.1) is 11.8 Å². The Balaban J connectivity index is 1.73. The summed E-state index contributed by atoms with van der Waals surface area (Å²) in [5, 5.41) is 0. The highest BCUT2D eigenvalue weighted by atomic mass is 31.2. The van der Waals surface area contributed by atoms with E-state index >= 15 is 0 Å². The minimum absolute atomic E-state index is 0.0111. The summed E-state index contributed by atoms with van der Waals surface area (Å²) in [5.74, 6) is 0.613. The van der Waals surface area contributed by atoms with Crippen LogP contribution in [-0.4, -0.2) is 79.8 Å². The molecule has 1 amide bonds. The Labute approximate surface area is 207 Å².